The molecule has 4 aromatic rings. The molecule has 9 heteroatoms. The van der Waals surface area contributed by atoms with Crippen molar-refractivity contribution in [1.82, 2.24) is 19.8 Å². The molecule has 0 fully saturated rings. The molecule has 0 saturated carbocycles. The van der Waals surface area contributed by atoms with Crippen molar-refractivity contribution in [1.29, 1.82) is 0 Å². The van der Waals surface area contributed by atoms with E-state index in [2.05, 4.69) is 40.7 Å². The molecule has 0 unspecified atom stereocenters. The highest BCUT2D eigenvalue weighted by Crippen LogP contribution is 2.34. The first kappa shape index (κ1) is 21.7. The number of aryl methyl sites for hydroxylation is 1. The Balaban J connectivity index is 1.31. The minimum atomic E-state index is -0.252. The van der Waals surface area contributed by atoms with Gasteiger partial charge in [0.1, 0.15) is 17.6 Å². The molecule has 0 saturated heterocycles. The molecule has 7 nitrogen and oxygen atoms in total. The molecule has 0 radical (unpaired) electrons. The van der Waals surface area contributed by atoms with Gasteiger partial charge in [-0.25, -0.2) is 5.01 Å². The minimum Gasteiger partial charge on any atom is -0.467 e. The molecule has 168 valence electrons. The van der Waals surface area contributed by atoms with Crippen molar-refractivity contribution in [3.63, 3.8) is 0 Å². The number of hydrogen-bond acceptors (Lipinski definition) is 7. The van der Waals surface area contributed by atoms with E-state index in [0.29, 0.717) is 11.6 Å². The second-order valence-electron chi connectivity index (χ2n) is 7.89. The average molecular weight is 478 g/mol. The molecular weight excluding hydrogens is 454 g/mol. The summed E-state index contributed by atoms with van der Waals surface area (Å²) < 4.78 is 7.59. The van der Waals surface area contributed by atoms with Crippen molar-refractivity contribution >= 4 is 34.7 Å². The van der Waals surface area contributed by atoms with E-state index < -0.39 is 0 Å². The Morgan fingerprint density at radius 1 is 1.18 bits per heavy atom. The van der Waals surface area contributed by atoms with Crippen LogP contribution in [-0.2, 0) is 18.3 Å². The zero-order chi connectivity index (χ0) is 22.8. The van der Waals surface area contributed by atoms with Crippen LogP contribution >= 0.6 is 23.1 Å². The van der Waals surface area contributed by atoms with Gasteiger partial charge in [0.05, 0.1) is 17.7 Å². The zero-order valence-corrected chi connectivity index (χ0v) is 20.0. The van der Waals surface area contributed by atoms with E-state index in [1.54, 1.807) is 22.6 Å². The van der Waals surface area contributed by atoms with Crippen molar-refractivity contribution < 1.29 is 9.21 Å². The van der Waals surface area contributed by atoms with Gasteiger partial charge in [0.15, 0.2) is 5.16 Å². The van der Waals surface area contributed by atoms with Crippen LogP contribution in [0.5, 0.6) is 0 Å². The van der Waals surface area contributed by atoms with Crippen LogP contribution in [0.15, 0.2) is 74.8 Å². The lowest BCUT2D eigenvalue weighted by Gasteiger charge is -2.19. The maximum atomic E-state index is 13.2. The lowest BCUT2D eigenvalue weighted by Crippen LogP contribution is -2.28. The van der Waals surface area contributed by atoms with E-state index in [0.717, 1.165) is 29.3 Å². The molecule has 5 rings (SSSR count). The summed E-state index contributed by atoms with van der Waals surface area (Å²) in [7, 11) is 1.94. The number of carbonyl (C=O) groups excluding carboxylic acids is 1. The Morgan fingerprint density at radius 2 is 2.03 bits per heavy atom. The number of hydrogen-bond donors (Lipinski definition) is 0. The number of carbonyl (C=O) groups is 1. The lowest BCUT2D eigenvalue weighted by atomic mass is 10.0. The molecule has 1 amide bonds. The summed E-state index contributed by atoms with van der Waals surface area (Å²) in [5.74, 6) is 1.73. The van der Waals surface area contributed by atoms with Gasteiger partial charge in [-0.15, -0.1) is 21.5 Å². The van der Waals surface area contributed by atoms with Crippen LogP contribution in [0.1, 0.15) is 40.1 Å². The van der Waals surface area contributed by atoms with Gasteiger partial charge in [0.25, 0.3) is 5.91 Å². The van der Waals surface area contributed by atoms with Crippen molar-refractivity contribution in [3.05, 3.63) is 87.8 Å². The number of hydrazone groups is 1. The molecule has 4 heterocycles. The standard InChI is InChI=1S/C24H23N5O2S2/c1-16-7-9-17(10-8-16)19-14-20(21-6-3-11-31-21)29(27-19)23(30)15-33-24-26-25-22(28(24)2)13-18-5-4-12-32-18/h3-12,20H,13-15H2,1-2H3/t20-/m1/s1. The third kappa shape index (κ3) is 4.65. The summed E-state index contributed by atoms with van der Waals surface area (Å²) in [6.07, 6.45) is 2.97. The van der Waals surface area contributed by atoms with Crippen molar-refractivity contribution in [3.8, 4) is 0 Å². The van der Waals surface area contributed by atoms with E-state index in [1.165, 1.54) is 22.2 Å². The van der Waals surface area contributed by atoms with Crippen LogP contribution in [0.25, 0.3) is 0 Å². The number of nitrogens with zero attached hydrogens (tertiary/aromatic N) is 5. The number of furan rings is 1. The number of thioether (sulfide) groups is 1. The number of benzene rings is 1. The van der Waals surface area contributed by atoms with Crippen LogP contribution in [0.3, 0.4) is 0 Å². The smallest absolute Gasteiger partial charge is 0.253 e. The minimum absolute atomic E-state index is 0.0914. The average Bonchev–Trinajstić information content (AvgIpc) is 3.62. The first-order valence-corrected chi connectivity index (χ1v) is 12.5. The second-order valence-corrected chi connectivity index (χ2v) is 9.86. The van der Waals surface area contributed by atoms with Gasteiger partial charge in [-0.1, -0.05) is 47.7 Å². The highest BCUT2D eigenvalue weighted by Gasteiger charge is 2.35. The van der Waals surface area contributed by atoms with Crippen molar-refractivity contribution in [2.24, 2.45) is 12.1 Å². The number of amides is 1. The fraction of sp³-hybridized carbons (Fsp3) is 0.250. The van der Waals surface area contributed by atoms with Crippen LogP contribution in [0.2, 0.25) is 0 Å². The molecule has 0 N–H and O–H groups in total. The molecule has 1 aromatic carbocycles. The largest absolute Gasteiger partial charge is 0.467 e. The fourth-order valence-corrected chi connectivity index (χ4v) is 5.23. The Kier molecular flexibility index (Phi) is 6.15. The summed E-state index contributed by atoms with van der Waals surface area (Å²) in [5.41, 5.74) is 3.09. The number of rotatable bonds is 7. The summed E-state index contributed by atoms with van der Waals surface area (Å²) >= 11 is 3.07. The normalized spacial score (nSPS) is 15.8. The maximum absolute atomic E-state index is 13.2. The number of thiophene rings is 1. The molecule has 1 atom stereocenters. The van der Waals surface area contributed by atoms with Crippen LogP contribution in [-0.4, -0.2) is 37.1 Å². The van der Waals surface area contributed by atoms with Crippen molar-refractivity contribution in [2.75, 3.05) is 5.75 Å². The van der Waals surface area contributed by atoms with Crippen LogP contribution in [0.4, 0.5) is 0 Å². The molecule has 0 aliphatic carbocycles. The predicted octanol–water partition coefficient (Wildman–Crippen LogP) is 4.84. The van der Waals surface area contributed by atoms with E-state index in [4.69, 9.17) is 9.52 Å². The Hall–Kier alpha value is -3.17. The molecular formula is C24H23N5O2S2. The van der Waals surface area contributed by atoms with Gasteiger partial charge in [0.2, 0.25) is 0 Å². The van der Waals surface area contributed by atoms with Gasteiger partial charge >= 0.3 is 0 Å². The SMILES string of the molecule is Cc1ccc(C2=NN(C(=O)CSc3nnc(Cc4cccs4)n3C)[C@@H](c3ccco3)C2)cc1. The first-order valence-electron chi connectivity index (χ1n) is 10.6. The lowest BCUT2D eigenvalue weighted by molar-refractivity contribution is -0.130. The molecule has 33 heavy (non-hydrogen) atoms. The molecule has 1 aliphatic rings. The Bertz CT molecular complexity index is 1260. The van der Waals surface area contributed by atoms with Gasteiger partial charge in [0, 0.05) is 24.8 Å². The molecule has 0 bridgehead atoms. The summed E-state index contributed by atoms with van der Waals surface area (Å²) in [6, 6.07) is 15.8. The van der Waals surface area contributed by atoms with E-state index in [1.807, 2.05) is 41.9 Å². The monoisotopic (exact) mass is 477 g/mol. The van der Waals surface area contributed by atoms with Gasteiger partial charge in [-0.2, -0.15) is 5.10 Å². The summed E-state index contributed by atoms with van der Waals surface area (Å²) in [5, 5.41) is 17.6. The summed E-state index contributed by atoms with van der Waals surface area (Å²) in [6.45, 7) is 2.05. The third-order valence-electron chi connectivity index (χ3n) is 5.58. The third-order valence-corrected chi connectivity index (χ3v) is 7.47. The molecule has 0 spiro atoms. The fourth-order valence-electron chi connectivity index (χ4n) is 3.75. The van der Waals surface area contributed by atoms with Crippen LogP contribution in [0, 0.1) is 6.92 Å². The second kappa shape index (κ2) is 9.36. The van der Waals surface area contributed by atoms with Crippen LogP contribution < -0.4 is 0 Å². The first-order chi connectivity index (χ1) is 16.1. The quantitative estimate of drug-likeness (QED) is 0.356. The van der Waals surface area contributed by atoms with Gasteiger partial charge in [-0.05, 0) is 36.1 Å². The zero-order valence-electron chi connectivity index (χ0n) is 18.3. The Labute approximate surface area is 200 Å². The van der Waals surface area contributed by atoms with E-state index in [9.17, 15) is 4.79 Å². The Morgan fingerprint density at radius 3 is 2.76 bits per heavy atom. The number of aromatic nitrogens is 3. The topological polar surface area (TPSA) is 76.5 Å². The highest BCUT2D eigenvalue weighted by molar-refractivity contribution is 7.99. The summed E-state index contributed by atoms with van der Waals surface area (Å²) in [4.78, 5) is 14.5. The van der Waals surface area contributed by atoms with E-state index in [-0.39, 0.29) is 17.7 Å². The van der Waals surface area contributed by atoms with Crippen molar-refractivity contribution in [2.45, 2.75) is 31.0 Å². The molecule has 1 aliphatic heterocycles. The van der Waals surface area contributed by atoms with Gasteiger partial charge in [-0.3, -0.25) is 4.79 Å². The predicted molar refractivity (Wildman–Crippen MR) is 129 cm³/mol. The highest BCUT2D eigenvalue weighted by atomic mass is 32.2. The molecule has 3 aromatic heterocycles. The van der Waals surface area contributed by atoms with Gasteiger partial charge < -0.3 is 8.98 Å². The maximum Gasteiger partial charge on any atom is 0.253 e. The van der Waals surface area contributed by atoms with E-state index >= 15 is 0 Å².